The molecule has 0 amide bonds. The molecule has 0 bridgehead atoms. The number of imidazole rings is 1. The van der Waals surface area contributed by atoms with Crippen LogP contribution >= 0.6 is 23.2 Å². The number of nitrogens with zero attached hydrogens (tertiary/aromatic N) is 2. The second-order valence-corrected chi connectivity index (χ2v) is 7.06. The van der Waals surface area contributed by atoms with Crippen molar-refractivity contribution in [3.63, 3.8) is 0 Å². The quantitative estimate of drug-likeness (QED) is 0.348. The normalized spacial score (nSPS) is 11.0. The van der Waals surface area contributed by atoms with Crippen molar-refractivity contribution in [2.75, 3.05) is 6.61 Å². The maximum atomic E-state index is 6.15. The van der Waals surface area contributed by atoms with Crippen LogP contribution < -0.4 is 4.74 Å². The summed E-state index contributed by atoms with van der Waals surface area (Å²) in [4.78, 5) is 4.82. The molecule has 0 aliphatic carbocycles. The molecular formula is C22H18Cl2N2O. The largest absolute Gasteiger partial charge is 0.492 e. The maximum Gasteiger partial charge on any atom is 0.141 e. The molecule has 27 heavy (non-hydrogen) atoms. The average Bonchev–Trinajstić information content (AvgIpc) is 3.06. The molecule has 0 radical (unpaired) electrons. The maximum absolute atomic E-state index is 6.15. The number of hydrogen-bond donors (Lipinski definition) is 0. The van der Waals surface area contributed by atoms with E-state index in [1.165, 1.54) is 0 Å². The summed E-state index contributed by atoms with van der Waals surface area (Å²) in [7, 11) is 0. The number of ether oxygens (including phenoxy) is 1. The van der Waals surface area contributed by atoms with E-state index in [1.807, 2.05) is 66.7 Å². The molecule has 0 atom stereocenters. The van der Waals surface area contributed by atoms with E-state index in [0.29, 0.717) is 17.4 Å². The van der Waals surface area contributed by atoms with Crippen LogP contribution in [0.2, 0.25) is 10.0 Å². The Hall–Kier alpha value is -2.49. The van der Waals surface area contributed by atoms with Crippen molar-refractivity contribution in [3.8, 4) is 17.1 Å². The van der Waals surface area contributed by atoms with Crippen LogP contribution in [0.25, 0.3) is 22.4 Å². The molecule has 4 aromatic rings. The van der Waals surface area contributed by atoms with E-state index in [9.17, 15) is 0 Å². The Bertz CT molecular complexity index is 1060. The lowest BCUT2D eigenvalue weighted by Crippen LogP contribution is -2.06. The summed E-state index contributed by atoms with van der Waals surface area (Å²) in [5.74, 6) is 1.65. The summed E-state index contributed by atoms with van der Waals surface area (Å²) in [5, 5.41) is 1.35. The molecular weight excluding hydrogens is 379 g/mol. The molecule has 0 N–H and O–H groups in total. The van der Waals surface area contributed by atoms with Crippen molar-refractivity contribution >= 4 is 34.2 Å². The summed E-state index contributed by atoms with van der Waals surface area (Å²) in [6.45, 7) is 1.37. The fraction of sp³-hybridized carbons (Fsp3) is 0.136. The SMILES string of the molecule is Clc1ccc(-c2nc3ccccc3n2CCCOc2ccccc2Cl)cc1. The lowest BCUT2D eigenvalue weighted by molar-refractivity contribution is 0.303. The Balaban J connectivity index is 1.56. The lowest BCUT2D eigenvalue weighted by atomic mass is 10.2. The minimum Gasteiger partial charge on any atom is -0.492 e. The van der Waals surface area contributed by atoms with Gasteiger partial charge in [0.25, 0.3) is 0 Å². The van der Waals surface area contributed by atoms with Crippen LogP contribution in [0, 0.1) is 0 Å². The Kier molecular flexibility index (Phi) is 5.33. The van der Waals surface area contributed by atoms with Gasteiger partial charge in [0.05, 0.1) is 22.7 Å². The topological polar surface area (TPSA) is 27.1 Å². The van der Waals surface area contributed by atoms with Crippen LogP contribution in [-0.4, -0.2) is 16.2 Å². The van der Waals surface area contributed by atoms with Gasteiger partial charge in [0.15, 0.2) is 0 Å². The predicted octanol–water partition coefficient (Wildman–Crippen LogP) is 6.48. The van der Waals surface area contributed by atoms with Gasteiger partial charge in [-0.25, -0.2) is 4.98 Å². The first-order valence-electron chi connectivity index (χ1n) is 8.81. The molecule has 0 spiro atoms. The number of benzene rings is 3. The van der Waals surface area contributed by atoms with Crippen LogP contribution in [0.15, 0.2) is 72.8 Å². The van der Waals surface area contributed by atoms with E-state index in [1.54, 1.807) is 0 Å². The molecule has 4 rings (SSSR count). The zero-order valence-corrected chi connectivity index (χ0v) is 16.1. The van der Waals surface area contributed by atoms with Crippen molar-refractivity contribution in [1.29, 1.82) is 0 Å². The van der Waals surface area contributed by atoms with E-state index in [-0.39, 0.29) is 0 Å². The Morgan fingerprint density at radius 3 is 2.41 bits per heavy atom. The van der Waals surface area contributed by atoms with Crippen LogP contribution in [0.3, 0.4) is 0 Å². The third-order valence-corrected chi connectivity index (χ3v) is 4.94. The smallest absolute Gasteiger partial charge is 0.141 e. The summed E-state index contributed by atoms with van der Waals surface area (Å²) in [6, 6.07) is 23.5. The average molecular weight is 397 g/mol. The molecule has 0 saturated carbocycles. The minimum atomic E-state index is 0.580. The van der Waals surface area contributed by atoms with Gasteiger partial charge in [-0.2, -0.15) is 0 Å². The highest BCUT2D eigenvalue weighted by atomic mass is 35.5. The van der Waals surface area contributed by atoms with Crippen LogP contribution in [0.4, 0.5) is 0 Å². The van der Waals surface area contributed by atoms with Crippen LogP contribution in [0.5, 0.6) is 5.75 Å². The number of halogens is 2. The standard InChI is InChI=1S/C22H18Cl2N2O/c23-17-12-10-16(11-13-17)22-25-19-7-2-3-8-20(19)26(22)14-5-15-27-21-9-4-1-6-18(21)24/h1-4,6-13H,5,14-15H2. The zero-order valence-electron chi connectivity index (χ0n) is 14.6. The molecule has 136 valence electrons. The number of aromatic nitrogens is 2. The minimum absolute atomic E-state index is 0.580. The first-order valence-corrected chi connectivity index (χ1v) is 9.56. The second-order valence-electron chi connectivity index (χ2n) is 6.22. The lowest BCUT2D eigenvalue weighted by Gasteiger charge is -2.11. The fourth-order valence-electron chi connectivity index (χ4n) is 3.09. The molecule has 1 heterocycles. The molecule has 0 unspecified atom stereocenters. The van der Waals surface area contributed by atoms with E-state index < -0.39 is 0 Å². The molecule has 0 saturated heterocycles. The third-order valence-electron chi connectivity index (χ3n) is 4.38. The van der Waals surface area contributed by atoms with Crippen LogP contribution in [0.1, 0.15) is 6.42 Å². The van der Waals surface area contributed by atoms with E-state index >= 15 is 0 Å². The highest BCUT2D eigenvalue weighted by Crippen LogP contribution is 2.27. The number of para-hydroxylation sites is 3. The first-order chi connectivity index (χ1) is 13.2. The fourth-order valence-corrected chi connectivity index (χ4v) is 3.40. The molecule has 5 heteroatoms. The zero-order chi connectivity index (χ0) is 18.6. The van der Waals surface area contributed by atoms with Gasteiger partial charge in [-0.15, -0.1) is 0 Å². The number of fused-ring (bicyclic) bond motifs is 1. The van der Waals surface area contributed by atoms with Crippen molar-refractivity contribution in [1.82, 2.24) is 9.55 Å². The molecule has 3 aromatic carbocycles. The van der Waals surface area contributed by atoms with Gasteiger partial charge >= 0.3 is 0 Å². The number of hydrogen-bond acceptors (Lipinski definition) is 2. The van der Waals surface area contributed by atoms with Crippen LogP contribution in [-0.2, 0) is 6.54 Å². The first kappa shape index (κ1) is 17.9. The van der Waals surface area contributed by atoms with E-state index in [2.05, 4.69) is 10.6 Å². The second kappa shape index (κ2) is 8.03. The molecule has 3 nitrogen and oxygen atoms in total. The summed E-state index contributed by atoms with van der Waals surface area (Å²) < 4.78 is 8.06. The van der Waals surface area contributed by atoms with Gasteiger partial charge in [0.2, 0.25) is 0 Å². The van der Waals surface area contributed by atoms with E-state index in [0.717, 1.165) is 40.4 Å². The van der Waals surface area contributed by atoms with Crippen molar-refractivity contribution in [2.45, 2.75) is 13.0 Å². The summed E-state index contributed by atoms with van der Waals surface area (Å²) in [6.07, 6.45) is 0.839. The monoisotopic (exact) mass is 396 g/mol. The molecule has 1 aromatic heterocycles. The Morgan fingerprint density at radius 1 is 0.852 bits per heavy atom. The van der Waals surface area contributed by atoms with Gasteiger partial charge in [-0.05, 0) is 55.0 Å². The van der Waals surface area contributed by atoms with Gasteiger partial charge in [-0.3, -0.25) is 0 Å². The molecule has 0 aliphatic rings. The van der Waals surface area contributed by atoms with Gasteiger partial charge in [0.1, 0.15) is 11.6 Å². The molecule has 0 aliphatic heterocycles. The van der Waals surface area contributed by atoms with Gasteiger partial charge in [-0.1, -0.05) is 47.5 Å². The van der Waals surface area contributed by atoms with Crippen molar-refractivity contribution in [2.24, 2.45) is 0 Å². The van der Waals surface area contributed by atoms with E-state index in [4.69, 9.17) is 32.9 Å². The Morgan fingerprint density at radius 2 is 1.59 bits per heavy atom. The van der Waals surface area contributed by atoms with Gasteiger partial charge in [0, 0.05) is 17.1 Å². The summed E-state index contributed by atoms with van der Waals surface area (Å²) in [5.41, 5.74) is 3.14. The number of rotatable bonds is 6. The Labute approximate surface area is 168 Å². The third kappa shape index (κ3) is 3.95. The van der Waals surface area contributed by atoms with Gasteiger partial charge < -0.3 is 9.30 Å². The summed E-state index contributed by atoms with van der Waals surface area (Å²) >= 11 is 12.2. The highest BCUT2D eigenvalue weighted by Gasteiger charge is 2.12. The van der Waals surface area contributed by atoms with Crippen molar-refractivity contribution < 1.29 is 4.74 Å². The van der Waals surface area contributed by atoms with Crippen molar-refractivity contribution in [3.05, 3.63) is 82.8 Å². The highest BCUT2D eigenvalue weighted by molar-refractivity contribution is 6.32. The number of aryl methyl sites for hydroxylation is 1. The molecule has 0 fully saturated rings. The predicted molar refractivity (Wildman–Crippen MR) is 112 cm³/mol.